The summed E-state index contributed by atoms with van der Waals surface area (Å²) < 4.78 is 5.41. The molecule has 0 saturated heterocycles. The average molecular weight is 451 g/mol. The van der Waals surface area contributed by atoms with E-state index in [4.69, 9.17) is 4.74 Å². The van der Waals surface area contributed by atoms with Crippen molar-refractivity contribution in [3.63, 3.8) is 0 Å². The molecule has 0 aliphatic heterocycles. The van der Waals surface area contributed by atoms with Gasteiger partial charge in [0.2, 0.25) is 0 Å². The minimum absolute atomic E-state index is 0.167. The van der Waals surface area contributed by atoms with E-state index < -0.39 is 0 Å². The van der Waals surface area contributed by atoms with Crippen LogP contribution in [-0.4, -0.2) is 12.6 Å². The van der Waals surface area contributed by atoms with Crippen LogP contribution in [0, 0.1) is 0 Å². The van der Waals surface area contributed by atoms with E-state index in [9.17, 15) is 4.79 Å². The van der Waals surface area contributed by atoms with Gasteiger partial charge in [-0.05, 0) is 19.3 Å². The third-order valence-corrected chi connectivity index (χ3v) is 6.60. The molecule has 0 aliphatic rings. The number of hydrogen-bond acceptors (Lipinski definition) is 2. The van der Waals surface area contributed by atoms with Gasteiger partial charge in [-0.2, -0.15) is 0 Å². The molecule has 0 rings (SSSR count). The first kappa shape index (κ1) is 31.2. The van der Waals surface area contributed by atoms with Gasteiger partial charge in [-0.1, -0.05) is 155 Å². The number of rotatable bonds is 26. The van der Waals surface area contributed by atoms with Gasteiger partial charge in [-0.3, -0.25) is 0 Å². The number of carbonyl (C=O) groups is 1. The number of hydrogen-bond donors (Lipinski definition) is 0. The molecule has 2 heteroatoms. The maximum atomic E-state index is 12.0. The minimum Gasteiger partial charge on any atom is -0.462 e. The summed E-state index contributed by atoms with van der Waals surface area (Å²) >= 11 is 0. The van der Waals surface area contributed by atoms with E-state index in [1.807, 2.05) is 0 Å². The molecule has 32 heavy (non-hydrogen) atoms. The Morgan fingerprint density at radius 2 is 0.812 bits per heavy atom. The summed E-state index contributed by atoms with van der Waals surface area (Å²) in [4.78, 5) is 12.0. The summed E-state index contributed by atoms with van der Waals surface area (Å²) in [5, 5.41) is 0. The van der Waals surface area contributed by atoms with Crippen molar-refractivity contribution in [1.29, 1.82) is 0 Å². The van der Waals surface area contributed by atoms with Gasteiger partial charge in [-0.15, -0.1) is 0 Å². The molecular formula is C30H58O2. The second-order valence-corrected chi connectivity index (χ2v) is 9.91. The van der Waals surface area contributed by atoms with Crippen LogP contribution in [0.25, 0.3) is 0 Å². The molecule has 0 amide bonds. The summed E-state index contributed by atoms with van der Waals surface area (Å²) in [7, 11) is 0. The molecule has 0 saturated carbocycles. The van der Waals surface area contributed by atoms with Crippen LogP contribution >= 0.6 is 0 Å². The molecule has 0 bridgehead atoms. The van der Waals surface area contributed by atoms with Crippen molar-refractivity contribution in [2.75, 3.05) is 6.61 Å². The molecule has 0 unspecified atom stereocenters. The van der Waals surface area contributed by atoms with E-state index in [0.717, 1.165) is 19.3 Å². The summed E-state index contributed by atoms with van der Waals surface area (Å²) in [5.41, 5.74) is 0.666. The average Bonchev–Trinajstić information content (AvgIpc) is 2.80. The van der Waals surface area contributed by atoms with Crippen LogP contribution in [0.4, 0.5) is 0 Å². The Bertz CT molecular complexity index is 402. The van der Waals surface area contributed by atoms with Crippen molar-refractivity contribution >= 4 is 5.97 Å². The lowest BCUT2D eigenvalue weighted by Crippen LogP contribution is -2.08. The highest BCUT2D eigenvalue weighted by atomic mass is 16.5. The van der Waals surface area contributed by atoms with Gasteiger partial charge >= 0.3 is 5.97 Å². The lowest BCUT2D eigenvalue weighted by molar-refractivity contribution is -0.139. The van der Waals surface area contributed by atoms with E-state index in [1.54, 1.807) is 0 Å². The lowest BCUT2D eigenvalue weighted by Gasteiger charge is -2.07. The molecule has 0 spiro atoms. The van der Waals surface area contributed by atoms with Gasteiger partial charge < -0.3 is 4.74 Å². The van der Waals surface area contributed by atoms with Crippen LogP contribution < -0.4 is 0 Å². The fraction of sp³-hybridized carbons (Fsp3) is 0.900. The van der Waals surface area contributed by atoms with Gasteiger partial charge in [0.25, 0.3) is 0 Å². The molecule has 190 valence electrons. The van der Waals surface area contributed by atoms with Gasteiger partial charge in [0.1, 0.15) is 0 Å². The topological polar surface area (TPSA) is 26.3 Å². The van der Waals surface area contributed by atoms with Crippen molar-refractivity contribution in [3.8, 4) is 0 Å². The highest BCUT2D eigenvalue weighted by Crippen LogP contribution is 2.15. The van der Waals surface area contributed by atoms with Crippen LogP contribution in [-0.2, 0) is 9.53 Å². The van der Waals surface area contributed by atoms with Crippen LogP contribution in [0.1, 0.15) is 168 Å². The Balaban J connectivity index is 3.30. The first-order valence-corrected chi connectivity index (χ1v) is 14.6. The van der Waals surface area contributed by atoms with Crippen molar-refractivity contribution < 1.29 is 9.53 Å². The predicted molar refractivity (Wildman–Crippen MR) is 142 cm³/mol. The molecule has 0 aromatic carbocycles. The van der Waals surface area contributed by atoms with Crippen molar-refractivity contribution in [2.45, 2.75) is 168 Å². The van der Waals surface area contributed by atoms with Crippen LogP contribution in [0.5, 0.6) is 0 Å². The fourth-order valence-corrected chi connectivity index (χ4v) is 4.31. The summed E-state index contributed by atoms with van der Waals surface area (Å²) in [6.07, 6.45) is 31.3. The SMILES string of the molecule is C=C(CCCCCCCCCCCC)C(=O)OCCCCCCCCCCCCCCC. The Kier molecular flexibility index (Phi) is 25.8. The molecule has 0 aromatic heterocycles. The molecular weight excluding hydrogens is 392 g/mol. The molecule has 0 N–H and O–H groups in total. The van der Waals surface area contributed by atoms with E-state index in [2.05, 4.69) is 20.4 Å². The fourth-order valence-electron chi connectivity index (χ4n) is 4.31. The molecule has 0 aliphatic carbocycles. The van der Waals surface area contributed by atoms with Crippen LogP contribution in [0.3, 0.4) is 0 Å². The summed E-state index contributed by atoms with van der Waals surface area (Å²) in [6, 6.07) is 0. The molecule has 0 radical (unpaired) electrons. The van der Waals surface area contributed by atoms with Crippen LogP contribution in [0.15, 0.2) is 12.2 Å². The third-order valence-electron chi connectivity index (χ3n) is 6.60. The minimum atomic E-state index is -0.167. The second-order valence-electron chi connectivity index (χ2n) is 9.91. The highest BCUT2D eigenvalue weighted by molar-refractivity contribution is 5.87. The maximum Gasteiger partial charge on any atom is 0.333 e. The Hall–Kier alpha value is -0.790. The van der Waals surface area contributed by atoms with Crippen molar-refractivity contribution in [1.82, 2.24) is 0 Å². The summed E-state index contributed by atoms with van der Waals surface area (Å²) in [6.45, 7) is 9.05. The zero-order valence-corrected chi connectivity index (χ0v) is 22.2. The van der Waals surface area contributed by atoms with Gasteiger partial charge in [0.15, 0.2) is 0 Å². The molecule has 0 fully saturated rings. The number of unbranched alkanes of at least 4 members (excludes halogenated alkanes) is 21. The van der Waals surface area contributed by atoms with Crippen LogP contribution in [0.2, 0.25) is 0 Å². The van der Waals surface area contributed by atoms with Gasteiger partial charge in [0.05, 0.1) is 6.61 Å². The predicted octanol–water partition coefficient (Wildman–Crippen LogP) is 10.5. The second kappa shape index (κ2) is 26.5. The van der Waals surface area contributed by atoms with Crippen molar-refractivity contribution in [2.24, 2.45) is 0 Å². The Labute approximate surface area is 202 Å². The number of ether oxygens (including phenoxy) is 1. The zero-order chi connectivity index (χ0) is 23.5. The van der Waals surface area contributed by atoms with E-state index in [1.165, 1.54) is 135 Å². The van der Waals surface area contributed by atoms with Crippen molar-refractivity contribution in [3.05, 3.63) is 12.2 Å². The Morgan fingerprint density at radius 1 is 0.500 bits per heavy atom. The van der Waals surface area contributed by atoms with E-state index >= 15 is 0 Å². The monoisotopic (exact) mass is 450 g/mol. The van der Waals surface area contributed by atoms with E-state index in [0.29, 0.717) is 12.2 Å². The number of carbonyl (C=O) groups excluding carboxylic acids is 1. The van der Waals surface area contributed by atoms with E-state index in [-0.39, 0.29) is 5.97 Å². The van der Waals surface area contributed by atoms with Gasteiger partial charge in [-0.25, -0.2) is 4.79 Å². The molecule has 0 heterocycles. The quantitative estimate of drug-likeness (QED) is 0.0744. The first-order valence-electron chi connectivity index (χ1n) is 14.6. The summed E-state index contributed by atoms with van der Waals surface area (Å²) in [5.74, 6) is -0.167. The largest absolute Gasteiger partial charge is 0.462 e. The number of esters is 1. The maximum absolute atomic E-state index is 12.0. The third kappa shape index (κ3) is 23.9. The standard InChI is InChI=1S/C30H58O2/c1-4-6-8-10-12-14-16-17-18-20-22-24-26-28-32-30(31)29(3)27-25-23-21-19-15-13-11-9-7-5-2/h3-28H2,1-2H3. The normalized spacial score (nSPS) is 11.1. The smallest absolute Gasteiger partial charge is 0.333 e. The molecule has 0 aromatic rings. The Morgan fingerprint density at radius 3 is 1.19 bits per heavy atom. The molecule has 2 nitrogen and oxygen atoms in total. The van der Waals surface area contributed by atoms with Gasteiger partial charge in [0, 0.05) is 5.57 Å². The zero-order valence-electron chi connectivity index (χ0n) is 22.2. The first-order chi connectivity index (χ1) is 15.7. The molecule has 0 atom stereocenters. The highest BCUT2D eigenvalue weighted by Gasteiger charge is 2.07. The lowest BCUT2D eigenvalue weighted by atomic mass is 10.0.